The van der Waals surface area contributed by atoms with Crippen molar-refractivity contribution in [3.63, 3.8) is 0 Å². The molecule has 0 saturated carbocycles. The number of hydrogen-bond donors (Lipinski definition) is 0. The molecule has 0 amide bonds. The first-order valence-electron chi connectivity index (χ1n) is 6.18. The van der Waals surface area contributed by atoms with Gasteiger partial charge < -0.3 is 4.84 Å². The summed E-state index contributed by atoms with van der Waals surface area (Å²) in [7, 11) is 0. The number of halogens is 1. The monoisotopic (exact) mass is 297 g/mol. The van der Waals surface area contributed by atoms with Crippen molar-refractivity contribution < 1.29 is 4.84 Å². The van der Waals surface area contributed by atoms with Gasteiger partial charge in [0.2, 0.25) is 0 Å². The molecule has 0 atom stereocenters. The molecule has 0 saturated heterocycles. The Labute approximate surface area is 112 Å². The van der Waals surface area contributed by atoms with E-state index in [-0.39, 0.29) is 0 Å². The molecular formula is C14H20BrNO. The van der Waals surface area contributed by atoms with Crippen LogP contribution in [0.5, 0.6) is 0 Å². The molecule has 2 nitrogen and oxygen atoms in total. The average molecular weight is 298 g/mol. The second-order valence-electron chi connectivity index (χ2n) is 3.91. The highest BCUT2D eigenvalue weighted by Gasteiger charge is 2.15. The Bertz CT molecular complexity index is 355. The van der Waals surface area contributed by atoms with E-state index in [9.17, 15) is 0 Å². The quantitative estimate of drug-likeness (QED) is 0.554. The van der Waals surface area contributed by atoms with Gasteiger partial charge in [-0.25, -0.2) is 0 Å². The smallest absolute Gasteiger partial charge is 0.114 e. The molecule has 3 heteroatoms. The molecule has 0 bridgehead atoms. The molecule has 0 fully saturated rings. The Morgan fingerprint density at radius 2 is 1.76 bits per heavy atom. The van der Waals surface area contributed by atoms with E-state index in [1.54, 1.807) is 0 Å². The minimum atomic E-state index is 0.461. The van der Waals surface area contributed by atoms with Gasteiger partial charge in [-0.15, -0.1) is 0 Å². The number of rotatable bonds is 6. The fourth-order valence-corrected chi connectivity index (χ4v) is 2.06. The Morgan fingerprint density at radius 3 is 2.24 bits per heavy atom. The van der Waals surface area contributed by atoms with E-state index in [1.165, 1.54) is 0 Å². The number of oxime groups is 1. The first kappa shape index (κ1) is 14.2. The number of hydrogen-bond acceptors (Lipinski definition) is 2. The third kappa shape index (κ3) is 4.15. The highest BCUT2D eigenvalue weighted by Crippen LogP contribution is 2.19. The van der Waals surface area contributed by atoms with Crippen LogP contribution in [0.4, 0.5) is 0 Å². The van der Waals surface area contributed by atoms with Gasteiger partial charge in [-0.2, -0.15) is 0 Å². The minimum absolute atomic E-state index is 0.461. The van der Waals surface area contributed by atoms with Gasteiger partial charge in [-0.1, -0.05) is 47.1 Å². The zero-order valence-electron chi connectivity index (χ0n) is 10.7. The maximum absolute atomic E-state index is 5.24. The second-order valence-corrected chi connectivity index (χ2v) is 4.83. The van der Waals surface area contributed by atoms with Gasteiger partial charge in [0.1, 0.15) is 6.61 Å². The molecule has 1 aromatic carbocycles. The molecule has 0 aromatic heterocycles. The predicted molar refractivity (Wildman–Crippen MR) is 76.4 cm³/mol. The molecule has 0 aliphatic rings. The van der Waals surface area contributed by atoms with E-state index in [2.05, 4.69) is 47.1 Å². The topological polar surface area (TPSA) is 21.6 Å². The number of nitrogens with zero attached hydrogens (tertiary/aromatic N) is 1. The largest absolute Gasteiger partial charge is 0.396 e. The van der Waals surface area contributed by atoms with Crippen LogP contribution in [-0.2, 0) is 4.84 Å². The van der Waals surface area contributed by atoms with Crippen LogP contribution in [0.1, 0.15) is 39.2 Å². The van der Waals surface area contributed by atoms with Gasteiger partial charge in [0.15, 0.2) is 0 Å². The summed E-state index contributed by atoms with van der Waals surface area (Å²) in [5, 5.41) is 4.29. The first-order valence-corrected chi connectivity index (χ1v) is 6.97. The van der Waals surface area contributed by atoms with Crippen molar-refractivity contribution in [3.05, 3.63) is 34.3 Å². The molecule has 0 unspecified atom stereocenters. The molecule has 0 heterocycles. The lowest BCUT2D eigenvalue weighted by Crippen LogP contribution is -2.15. The lowest BCUT2D eigenvalue weighted by atomic mass is 9.92. The van der Waals surface area contributed by atoms with Crippen LogP contribution in [0.2, 0.25) is 0 Å². The summed E-state index contributed by atoms with van der Waals surface area (Å²) in [4.78, 5) is 5.24. The molecule has 0 N–H and O–H groups in total. The van der Waals surface area contributed by atoms with E-state index < -0.39 is 0 Å². The highest BCUT2D eigenvalue weighted by atomic mass is 79.9. The minimum Gasteiger partial charge on any atom is -0.396 e. The maximum Gasteiger partial charge on any atom is 0.114 e. The van der Waals surface area contributed by atoms with E-state index in [0.717, 1.165) is 28.6 Å². The van der Waals surface area contributed by atoms with Crippen molar-refractivity contribution in [1.29, 1.82) is 0 Å². The molecule has 1 aromatic rings. The van der Waals surface area contributed by atoms with Crippen molar-refractivity contribution in [2.75, 3.05) is 6.61 Å². The molecule has 0 aliphatic carbocycles. The number of benzene rings is 1. The van der Waals surface area contributed by atoms with E-state index in [1.807, 2.05) is 19.1 Å². The molecule has 17 heavy (non-hydrogen) atoms. The Balaban J connectivity index is 3.01. The van der Waals surface area contributed by atoms with Gasteiger partial charge in [-0.05, 0) is 37.5 Å². The van der Waals surface area contributed by atoms with Gasteiger partial charge >= 0.3 is 0 Å². The third-order valence-corrected chi connectivity index (χ3v) is 3.33. The summed E-state index contributed by atoms with van der Waals surface area (Å²) in [5.74, 6) is 0.461. The highest BCUT2D eigenvalue weighted by molar-refractivity contribution is 9.10. The summed E-state index contributed by atoms with van der Waals surface area (Å²) in [6.45, 7) is 6.94. The van der Waals surface area contributed by atoms with Crippen LogP contribution in [-0.4, -0.2) is 12.3 Å². The third-order valence-electron chi connectivity index (χ3n) is 2.80. The molecule has 0 aliphatic heterocycles. The van der Waals surface area contributed by atoms with Crippen LogP contribution < -0.4 is 0 Å². The summed E-state index contributed by atoms with van der Waals surface area (Å²) < 4.78 is 1.08. The fraction of sp³-hybridized carbons (Fsp3) is 0.500. The van der Waals surface area contributed by atoms with Crippen molar-refractivity contribution in [3.8, 4) is 0 Å². The summed E-state index contributed by atoms with van der Waals surface area (Å²) in [6.07, 6.45) is 2.16. The standard InChI is InChI=1S/C14H20BrNO/c1-4-11(5-2)14(16-17-6-3)12-7-9-13(15)10-8-12/h7-11H,4-6H2,1-3H3/b16-14-. The summed E-state index contributed by atoms with van der Waals surface area (Å²) in [6, 6.07) is 8.25. The van der Waals surface area contributed by atoms with Crippen molar-refractivity contribution >= 4 is 21.6 Å². The SMILES string of the molecule is CCO/N=C(\c1ccc(Br)cc1)C(CC)CC. The Morgan fingerprint density at radius 1 is 1.18 bits per heavy atom. The van der Waals surface area contributed by atoms with Gasteiger partial charge in [0.25, 0.3) is 0 Å². The molecule has 1 rings (SSSR count). The van der Waals surface area contributed by atoms with Crippen LogP contribution in [0.3, 0.4) is 0 Å². The zero-order valence-corrected chi connectivity index (χ0v) is 12.3. The van der Waals surface area contributed by atoms with E-state index in [0.29, 0.717) is 12.5 Å². The predicted octanol–water partition coefficient (Wildman–Crippen LogP) is 4.63. The van der Waals surface area contributed by atoms with Crippen LogP contribution >= 0.6 is 15.9 Å². The fourth-order valence-electron chi connectivity index (χ4n) is 1.79. The normalized spacial score (nSPS) is 11.9. The van der Waals surface area contributed by atoms with Gasteiger partial charge in [0.05, 0.1) is 5.71 Å². The molecular weight excluding hydrogens is 278 g/mol. The van der Waals surface area contributed by atoms with Crippen LogP contribution in [0, 0.1) is 5.92 Å². The van der Waals surface area contributed by atoms with Crippen molar-refractivity contribution in [1.82, 2.24) is 0 Å². The van der Waals surface area contributed by atoms with Crippen LogP contribution in [0.15, 0.2) is 33.9 Å². The average Bonchev–Trinajstić information content (AvgIpc) is 2.36. The molecule has 94 valence electrons. The molecule has 0 spiro atoms. The summed E-state index contributed by atoms with van der Waals surface area (Å²) in [5.41, 5.74) is 2.21. The lowest BCUT2D eigenvalue weighted by molar-refractivity contribution is 0.157. The van der Waals surface area contributed by atoms with Gasteiger partial charge in [0, 0.05) is 10.4 Å². The maximum atomic E-state index is 5.24. The van der Waals surface area contributed by atoms with Crippen LogP contribution in [0.25, 0.3) is 0 Å². The van der Waals surface area contributed by atoms with Gasteiger partial charge in [-0.3, -0.25) is 0 Å². The Kier molecular flexibility index (Phi) is 6.27. The van der Waals surface area contributed by atoms with Crippen molar-refractivity contribution in [2.24, 2.45) is 11.1 Å². The lowest BCUT2D eigenvalue weighted by Gasteiger charge is -2.15. The van der Waals surface area contributed by atoms with Crippen molar-refractivity contribution in [2.45, 2.75) is 33.6 Å². The summed E-state index contributed by atoms with van der Waals surface area (Å²) >= 11 is 3.45. The van der Waals surface area contributed by atoms with E-state index in [4.69, 9.17) is 4.84 Å². The Hall–Kier alpha value is -0.830. The second kappa shape index (κ2) is 7.49. The van der Waals surface area contributed by atoms with E-state index >= 15 is 0 Å². The first-order chi connectivity index (χ1) is 8.22. The molecule has 0 radical (unpaired) electrons. The zero-order chi connectivity index (χ0) is 12.7.